The minimum Gasteiger partial charge on any atom is -0.354 e. The predicted octanol–water partition coefficient (Wildman–Crippen LogP) is 2.86. The molecule has 1 aromatic heterocycles. The first-order valence-corrected chi connectivity index (χ1v) is 12.2. The lowest BCUT2D eigenvalue weighted by Crippen LogP contribution is -2.54. The molecule has 2 aliphatic carbocycles. The maximum Gasteiger partial charge on any atom is 0.248 e. The summed E-state index contributed by atoms with van der Waals surface area (Å²) < 4.78 is 0. The summed E-state index contributed by atoms with van der Waals surface area (Å²) in [4.78, 5) is 39.6. The molecule has 2 saturated carbocycles. The first kappa shape index (κ1) is 22.7. The van der Waals surface area contributed by atoms with Gasteiger partial charge in [-0.1, -0.05) is 39.7 Å². The van der Waals surface area contributed by atoms with Gasteiger partial charge in [0.15, 0.2) is 5.84 Å². The molecule has 7 nitrogen and oxygen atoms in total. The summed E-state index contributed by atoms with van der Waals surface area (Å²) in [5.41, 5.74) is -0.206. The van der Waals surface area contributed by atoms with Crippen LogP contribution in [0.3, 0.4) is 0 Å². The Hall–Kier alpha value is -2.44. The number of pyridine rings is 1. The standard InChI is InChI=1S/C25H37N5O2/c1-4-24(2,3)23(32)30-17-15-29(16-18-30)21(20-7-5-6-13-26-20)28-25(11-12-25)22(31)27-14-10-19-8-9-19/h5-7,13,19H,4,8-12,14-18H2,1-3H3,(H,27,31). The van der Waals surface area contributed by atoms with E-state index in [9.17, 15) is 9.59 Å². The number of carbonyl (C=O) groups is 2. The third kappa shape index (κ3) is 5.13. The van der Waals surface area contributed by atoms with E-state index in [-0.39, 0.29) is 17.2 Å². The largest absolute Gasteiger partial charge is 0.354 e. The second-order valence-corrected chi connectivity index (χ2v) is 10.2. The smallest absolute Gasteiger partial charge is 0.248 e. The van der Waals surface area contributed by atoms with E-state index in [1.807, 2.05) is 36.9 Å². The number of nitrogens with zero attached hydrogens (tertiary/aromatic N) is 4. The summed E-state index contributed by atoms with van der Waals surface area (Å²) in [5.74, 6) is 1.84. The van der Waals surface area contributed by atoms with Gasteiger partial charge in [-0.05, 0) is 43.7 Å². The van der Waals surface area contributed by atoms with Gasteiger partial charge in [0.2, 0.25) is 11.8 Å². The van der Waals surface area contributed by atoms with Crippen molar-refractivity contribution in [3.8, 4) is 0 Å². The Labute approximate surface area is 191 Å². The minimum absolute atomic E-state index is 0.0464. The number of hydrogen-bond acceptors (Lipinski definition) is 4. The van der Waals surface area contributed by atoms with Crippen LogP contribution < -0.4 is 5.32 Å². The number of rotatable bonds is 8. The molecule has 2 amide bonds. The molecule has 3 aliphatic rings. The Balaban J connectivity index is 1.47. The third-order valence-electron chi connectivity index (χ3n) is 7.22. The molecule has 0 bridgehead atoms. The highest BCUT2D eigenvalue weighted by atomic mass is 16.2. The third-order valence-corrected chi connectivity index (χ3v) is 7.22. The first-order chi connectivity index (χ1) is 15.3. The van der Waals surface area contributed by atoms with Gasteiger partial charge in [-0.3, -0.25) is 14.6 Å². The zero-order valence-corrected chi connectivity index (χ0v) is 19.8. The van der Waals surface area contributed by atoms with Gasteiger partial charge in [0.1, 0.15) is 11.2 Å². The average Bonchev–Trinajstić information content (AvgIpc) is 3.74. The molecule has 7 heteroatoms. The van der Waals surface area contributed by atoms with E-state index in [0.717, 1.165) is 49.7 Å². The zero-order valence-electron chi connectivity index (χ0n) is 19.8. The van der Waals surface area contributed by atoms with Crippen molar-refractivity contribution >= 4 is 17.6 Å². The molecule has 0 radical (unpaired) electrons. The first-order valence-electron chi connectivity index (χ1n) is 12.2. The summed E-state index contributed by atoms with van der Waals surface area (Å²) in [6.07, 6.45) is 7.82. The highest BCUT2D eigenvalue weighted by Crippen LogP contribution is 2.41. The quantitative estimate of drug-likeness (QED) is 0.499. The van der Waals surface area contributed by atoms with E-state index in [1.54, 1.807) is 6.20 Å². The SMILES string of the molecule is CCC(C)(C)C(=O)N1CCN(C(=NC2(C(=O)NCCC3CC3)CC2)c2ccccn2)CC1. The van der Waals surface area contributed by atoms with Crippen molar-refractivity contribution in [2.45, 2.75) is 64.8 Å². The molecule has 174 valence electrons. The van der Waals surface area contributed by atoms with Crippen LogP contribution >= 0.6 is 0 Å². The molecule has 0 spiro atoms. The molecule has 0 atom stereocenters. The van der Waals surface area contributed by atoms with Crippen molar-refractivity contribution in [2.75, 3.05) is 32.7 Å². The van der Waals surface area contributed by atoms with Crippen LogP contribution in [-0.2, 0) is 9.59 Å². The second-order valence-electron chi connectivity index (χ2n) is 10.2. The summed E-state index contributed by atoms with van der Waals surface area (Å²) in [7, 11) is 0. The molecule has 2 heterocycles. The number of aliphatic imine (C=N–C) groups is 1. The number of hydrogen-bond donors (Lipinski definition) is 1. The molecule has 0 aromatic carbocycles. The van der Waals surface area contributed by atoms with Crippen LogP contribution in [0.5, 0.6) is 0 Å². The lowest BCUT2D eigenvalue weighted by atomic mass is 9.88. The molecule has 1 N–H and O–H groups in total. The molecule has 1 aromatic rings. The lowest BCUT2D eigenvalue weighted by molar-refractivity contribution is -0.141. The van der Waals surface area contributed by atoms with Gasteiger partial charge in [0.05, 0.1) is 0 Å². The molecular formula is C25H37N5O2. The number of carbonyl (C=O) groups excluding carboxylic acids is 2. The Bertz CT molecular complexity index is 850. The van der Waals surface area contributed by atoms with Crippen LogP contribution in [0, 0.1) is 11.3 Å². The van der Waals surface area contributed by atoms with Crippen molar-refractivity contribution in [2.24, 2.45) is 16.3 Å². The van der Waals surface area contributed by atoms with E-state index in [1.165, 1.54) is 12.8 Å². The number of amidine groups is 1. The average molecular weight is 440 g/mol. The van der Waals surface area contributed by atoms with Crippen molar-refractivity contribution in [3.63, 3.8) is 0 Å². The van der Waals surface area contributed by atoms with Crippen molar-refractivity contribution in [1.82, 2.24) is 20.1 Å². The summed E-state index contributed by atoms with van der Waals surface area (Å²) in [6, 6.07) is 5.80. The van der Waals surface area contributed by atoms with Gasteiger partial charge in [0, 0.05) is 44.3 Å². The fourth-order valence-corrected chi connectivity index (χ4v) is 4.16. The number of amides is 2. The van der Waals surface area contributed by atoms with E-state index >= 15 is 0 Å². The van der Waals surface area contributed by atoms with Crippen molar-refractivity contribution in [1.29, 1.82) is 0 Å². The molecule has 32 heavy (non-hydrogen) atoms. The molecule has 0 unspecified atom stereocenters. The van der Waals surface area contributed by atoms with Crippen LogP contribution in [-0.4, -0.2) is 70.7 Å². The molecule has 4 rings (SSSR count). The van der Waals surface area contributed by atoms with Crippen molar-refractivity contribution < 1.29 is 9.59 Å². The van der Waals surface area contributed by atoms with Crippen molar-refractivity contribution in [3.05, 3.63) is 30.1 Å². The predicted molar refractivity (Wildman–Crippen MR) is 125 cm³/mol. The minimum atomic E-state index is -0.659. The van der Waals surface area contributed by atoms with E-state index in [2.05, 4.69) is 22.1 Å². The number of nitrogens with one attached hydrogen (secondary N) is 1. The van der Waals surface area contributed by atoms with Gasteiger partial charge >= 0.3 is 0 Å². The topological polar surface area (TPSA) is 77.9 Å². The van der Waals surface area contributed by atoms with Crippen LogP contribution in [0.4, 0.5) is 0 Å². The van der Waals surface area contributed by atoms with E-state index in [4.69, 9.17) is 4.99 Å². The molecule has 3 fully saturated rings. The monoisotopic (exact) mass is 439 g/mol. The number of piperazine rings is 1. The van der Waals surface area contributed by atoms with Gasteiger partial charge in [-0.15, -0.1) is 0 Å². The Morgan fingerprint density at radius 2 is 1.84 bits per heavy atom. The maximum atomic E-state index is 13.0. The van der Waals surface area contributed by atoms with Gasteiger partial charge in [-0.25, -0.2) is 4.99 Å². The van der Waals surface area contributed by atoms with E-state index < -0.39 is 5.54 Å². The highest BCUT2D eigenvalue weighted by Gasteiger charge is 2.51. The maximum absolute atomic E-state index is 13.0. The Morgan fingerprint density at radius 3 is 2.41 bits per heavy atom. The molecule has 1 saturated heterocycles. The zero-order chi connectivity index (χ0) is 22.8. The molecular weight excluding hydrogens is 402 g/mol. The lowest BCUT2D eigenvalue weighted by Gasteiger charge is -2.39. The van der Waals surface area contributed by atoms with Gasteiger partial charge < -0.3 is 15.1 Å². The summed E-state index contributed by atoms with van der Waals surface area (Å²) in [6.45, 7) is 9.55. The van der Waals surface area contributed by atoms with Crippen LogP contribution in [0.15, 0.2) is 29.4 Å². The fraction of sp³-hybridized carbons (Fsp3) is 0.680. The van der Waals surface area contributed by atoms with Crippen LogP contribution in [0.25, 0.3) is 0 Å². The van der Waals surface area contributed by atoms with Gasteiger partial charge in [0.25, 0.3) is 0 Å². The van der Waals surface area contributed by atoms with Gasteiger partial charge in [-0.2, -0.15) is 0 Å². The Kier molecular flexibility index (Phi) is 6.54. The second kappa shape index (κ2) is 9.20. The normalized spacial score (nSPS) is 20.8. The summed E-state index contributed by atoms with van der Waals surface area (Å²) in [5, 5.41) is 3.12. The van der Waals surface area contributed by atoms with Crippen LogP contribution in [0.2, 0.25) is 0 Å². The highest BCUT2D eigenvalue weighted by molar-refractivity contribution is 6.01. The summed E-state index contributed by atoms with van der Waals surface area (Å²) >= 11 is 0. The van der Waals surface area contributed by atoms with E-state index in [0.29, 0.717) is 26.2 Å². The van der Waals surface area contributed by atoms with Crippen LogP contribution in [0.1, 0.15) is 65.0 Å². The fourth-order valence-electron chi connectivity index (χ4n) is 4.16. The number of aromatic nitrogens is 1. The Morgan fingerprint density at radius 1 is 1.16 bits per heavy atom. The molecule has 1 aliphatic heterocycles.